The van der Waals surface area contributed by atoms with Gasteiger partial charge in [-0.05, 0) is 49.4 Å². The van der Waals surface area contributed by atoms with Crippen LogP contribution in [-0.4, -0.2) is 18.5 Å². The molecule has 110 valence electrons. The van der Waals surface area contributed by atoms with Crippen molar-refractivity contribution in [3.63, 3.8) is 0 Å². The van der Waals surface area contributed by atoms with Crippen LogP contribution in [0.1, 0.15) is 45.2 Å². The standard InChI is InChI=1S/C16H23BrN2O/c1-11(12-5-7-13(17)8-6-12)19-15(20)14-16(2,3)9-4-10-18-14/h5-8,11,14,18H,4,9-10H2,1-3H3,(H,19,20)/t11-,14?/m0/s1. The van der Waals surface area contributed by atoms with Crippen molar-refractivity contribution in [3.05, 3.63) is 34.3 Å². The van der Waals surface area contributed by atoms with E-state index >= 15 is 0 Å². The van der Waals surface area contributed by atoms with Crippen molar-refractivity contribution in [2.24, 2.45) is 5.41 Å². The Labute approximate surface area is 129 Å². The predicted molar refractivity (Wildman–Crippen MR) is 85.5 cm³/mol. The zero-order chi connectivity index (χ0) is 14.8. The third-order valence-corrected chi connectivity index (χ3v) is 4.65. The SMILES string of the molecule is C[C@H](NC(=O)C1NCCCC1(C)C)c1ccc(Br)cc1. The Morgan fingerprint density at radius 1 is 1.40 bits per heavy atom. The van der Waals surface area contributed by atoms with Crippen LogP contribution in [0.25, 0.3) is 0 Å². The minimum atomic E-state index is -0.103. The number of nitrogens with one attached hydrogen (secondary N) is 2. The molecule has 1 aromatic rings. The highest BCUT2D eigenvalue weighted by Gasteiger charge is 2.37. The van der Waals surface area contributed by atoms with Crippen molar-refractivity contribution in [1.82, 2.24) is 10.6 Å². The molecule has 3 nitrogen and oxygen atoms in total. The van der Waals surface area contributed by atoms with E-state index in [0.717, 1.165) is 29.4 Å². The second-order valence-corrected chi connectivity index (χ2v) is 7.18. The number of halogens is 1. The highest BCUT2D eigenvalue weighted by molar-refractivity contribution is 9.10. The van der Waals surface area contributed by atoms with E-state index in [4.69, 9.17) is 0 Å². The zero-order valence-corrected chi connectivity index (χ0v) is 14.0. The molecule has 1 unspecified atom stereocenters. The fraction of sp³-hybridized carbons (Fsp3) is 0.562. The molecule has 1 amide bonds. The van der Waals surface area contributed by atoms with E-state index in [1.165, 1.54) is 0 Å². The van der Waals surface area contributed by atoms with Gasteiger partial charge in [-0.2, -0.15) is 0 Å². The fourth-order valence-electron chi connectivity index (χ4n) is 2.79. The lowest BCUT2D eigenvalue weighted by Crippen LogP contribution is -2.55. The van der Waals surface area contributed by atoms with Crippen LogP contribution in [0, 0.1) is 5.41 Å². The van der Waals surface area contributed by atoms with Gasteiger partial charge in [0.15, 0.2) is 0 Å². The highest BCUT2D eigenvalue weighted by atomic mass is 79.9. The Morgan fingerprint density at radius 2 is 2.05 bits per heavy atom. The second kappa shape index (κ2) is 6.27. The van der Waals surface area contributed by atoms with Crippen LogP contribution in [0.2, 0.25) is 0 Å². The fourth-order valence-corrected chi connectivity index (χ4v) is 3.05. The first kappa shape index (κ1) is 15.5. The van der Waals surface area contributed by atoms with Gasteiger partial charge in [0, 0.05) is 4.47 Å². The summed E-state index contributed by atoms with van der Waals surface area (Å²) in [7, 11) is 0. The summed E-state index contributed by atoms with van der Waals surface area (Å²) in [6.45, 7) is 7.27. The van der Waals surface area contributed by atoms with Gasteiger partial charge in [-0.25, -0.2) is 0 Å². The molecule has 2 rings (SSSR count). The van der Waals surface area contributed by atoms with Crippen LogP contribution in [-0.2, 0) is 4.79 Å². The first-order valence-corrected chi connectivity index (χ1v) is 7.99. The summed E-state index contributed by atoms with van der Waals surface area (Å²) >= 11 is 3.43. The van der Waals surface area contributed by atoms with Crippen LogP contribution in [0.15, 0.2) is 28.7 Å². The third kappa shape index (κ3) is 3.61. The molecule has 0 aliphatic carbocycles. The van der Waals surface area contributed by atoms with Crippen molar-refractivity contribution in [2.45, 2.75) is 45.7 Å². The Kier molecular flexibility index (Phi) is 4.86. The van der Waals surface area contributed by atoms with Crippen molar-refractivity contribution < 1.29 is 4.79 Å². The molecule has 1 saturated heterocycles. The summed E-state index contributed by atoms with van der Waals surface area (Å²) in [5, 5.41) is 6.48. The third-order valence-electron chi connectivity index (χ3n) is 4.12. The lowest BCUT2D eigenvalue weighted by atomic mass is 9.77. The molecule has 0 bridgehead atoms. The van der Waals surface area contributed by atoms with Gasteiger partial charge in [-0.3, -0.25) is 4.79 Å². The summed E-state index contributed by atoms with van der Waals surface area (Å²) < 4.78 is 1.05. The number of hydrogen-bond donors (Lipinski definition) is 2. The van der Waals surface area contributed by atoms with Crippen molar-refractivity contribution >= 4 is 21.8 Å². The minimum Gasteiger partial charge on any atom is -0.348 e. The van der Waals surface area contributed by atoms with Gasteiger partial charge in [-0.15, -0.1) is 0 Å². The number of rotatable bonds is 3. The molecule has 0 saturated carbocycles. The Bertz CT molecular complexity index is 470. The monoisotopic (exact) mass is 338 g/mol. The van der Waals surface area contributed by atoms with Crippen molar-refractivity contribution in [2.75, 3.05) is 6.54 Å². The van der Waals surface area contributed by atoms with Gasteiger partial charge in [0.25, 0.3) is 0 Å². The molecule has 1 heterocycles. The number of carbonyl (C=O) groups excluding carboxylic acids is 1. The molecular formula is C16H23BrN2O. The number of amides is 1. The summed E-state index contributed by atoms with van der Waals surface area (Å²) in [6.07, 6.45) is 2.23. The smallest absolute Gasteiger partial charge is 0.238 e. The maximum absolute atomic E-state index is 12.5. The topological polar surface area (TPSA) is 41.1 Å². The maximum Gasteiger partial charge on any atom is 0.238 e. The average Bonchev–Trinajstić information content (AvgIpc) is 2.38. The Balaban J connectivity index is 2.01. The molecule has 1 aromatic carbocycles. The lowest BCUT2D eigenvalue weighted by molar-refractivity contribution is -0.127. The van der Waals surface area contributed by atoms with E-state index < -0.39 is 0 Å². The quantitative estimate of drug-likeness (QED) is 0.886. The molecule has 20 heavy (non-hydrogen) atoms. The van der Waals surface area contributed by atoms with E-state index in [-0.39, 0.29) is 23.4 Å². The van der Waals surface area contributed by atoms with Crippen LogP contribution in [0.3, 0.4) is 0 Å². The molecule has 2 atom stereocenters. The van der Waals surface area contributed by atoms with Gasteiger partial charge in [0.05, 0.1) is 12.1 Å². The van der Waals surface area contributed by atoms with Crippen LogP contribution in [0.5, 0.6) is 0 Å². The molecule has 0 radical (unpaired) electrons. The number of piperidine rings is 1. The van der Waals surface area contributed by atoms with Gasteiger partial charge >= 0.3 is 0 Å². The summed E-state index contributed by atoms with van der Waals surface area (Å²) in [6, 6.07) is 7.99. The molecule has 2 N–H and O–H groups in total. The van der Waals surface area contributed by atoms with E-state index in [1.54, 1.807) is 0 Å². The van der Waals surface area contributed by atoms with Gasteiger partial charge in [0.2, 0.25) is 5.91 Å². The average molecular weight is 339 g/mol. The summed E-state index contributed by atoms with van der Waals surface area (Å²) in [5.74, 6) is 0.102. The highest BCUT2D eigenvalue weighted by Crippen LogP contribution is 2.30. The van der Waals surface area contributed by atoms with E-state index in [9.17, 15) is 4.79 Å². The van der Waals surface area contributed by atoms with E-state index in [1.807, 2.05) is 31.2 Å². The van der Waals surface area contributed by atoms with E-state index in [0.29, 0.717) is 0 Å². The van der Waals surface area contributed by atoms with Gasteiger partial charge < -0.3 is 10.6 Å². The molecule has 1 aliphatic rings. The number of carbonyl (C=O) groups is 1. The van der Waals surface area contributed by atoms with Gasteiger partial charge in [-0.1, -0.05) is 41.9 Å². The number of benzene rings is 1. The minimum absolute atomic E-state index is 0.0156. The first-order valence-electron chi connectivity index (χ1n) is 7.19. The second-order valence-electron chi connectivity index (χ2n) is 6.26. The van der Waals surface area contributed by atoms with Gasteiger partial charge in [0.1, 0.15) is 0 Å². The normalized spacial score (nSPS) is 23.1. The summed E-state index contributed by atoms with van der Waals surface area (Å²) in [4.78, 5) is 12.5. The zero-order valence-electron chi connectivity index (χ0n) is 12.4. The lowest BCUT2D eigenvalue weighted by Gasteiger charge is -2.38. The van der Waals surface area contributed by atoms with Crippen LogP contribution >= 0.6 is 15.9 Å². The maximum atomic E-state index is 12.5. The molecule has 4 heteroatoms. The van der Waals surface area contributed by atoms with Crippen LogP contribution < -0.4 is 10.6 Å². The largest absolute Gasteiger partial charge is 0.348 e. The molecule has 1 fully saturated rings. The molecular weight excluding hydrogens is 316 g/mol. The van der Waals surface area contributed by atoms with Crippen molar-refractivity contribution in [1.29, 1.82) is 0 Å². The first-order chi connectivity index (χ1) is 9.40. The number of hydrogen-bond acceptors (Lipinski definition) is 2. The van der Waals surface area contributed by atoms with Crippen molar-refractivity contribution in [3.8, 4) is 0 Å². The Hall–Kier alpha value is -0.870. The van der Waals surface area contributed by atoms with Crippen LogP contribution in [0.4, 0.5) is 0 Å². The van der Waals surface area contributed by atoms with E-state index in [2.05, 4.69) is 40.4 Å². The molecule has 0 spiro atoms. The predicted octanol–water partition coefficient (Wildman–Crippen LogP) is 3.40. The molecule has 1 aliphatic heterocycles. The Morgan fingerprint density at radius 3 is 2.65 bits per heavy atom. The summed E-state index contributed by atoms with van der Waals surface area (Å²) in [5.41, 5.74) is 1.14. The molecule has 0 aromatic heterocycles.